The van der Waals surface area contributed by atoms with Crippen molar-refractivity contribution in [2.45, 2.75) is 25.1 Å². The molecule has 0 radical (unpaired) electrons. The van der Waals surface area contributed by atoms with Crippen LogP contribution < -0.4 is 23.8 Å². The molecule has 2 heterocycles. The third kappa shape index (κ3) is 3.71. The number of thiocarbonyl (C=S) groups is 1. The van der Waals surface area contributed by atoms with E-state index < -0.39 is 5.72 Å². The highest BCUT2D eigenvalue weighted by molar-refractivity contribution is 7.80. The van der Waals surface area contributed by atoms with Gasteiger partial charge in [-0.1, -0.05) is 18.2 Å². The number of hydrogen-bond donors (Lipinski definition) is 0. The van der Waals surface area contributed by atoms with Crippen molar-refractivity contribution >= 4 is 28.9 Å². The molecule has 0 unspecified atom stereocenters. The maximum absolute atomic E-state index is 14.2. The standard InChI is InChI=1S/C27H25FN2O5S/c1-27-15-20(19-7-5-6-8-21(19)35-27)29(26(36)30(27)18-11-9-17(28)10-12-18)25(31)16-13-22(32-2)24(34-4)23(14-16)33-3/h5-14,20H,15H2,1-4H3/t20-,27-/m1/s1. The molecule has 5 rings (SSSR count). The van der Waals surface area contributed by atoms with E-state index in [0.29, 0.717) is 40.7 Å². The van der Waals surface area contributed by atoms with Gasteiger partial charge in [0.1, 0.15) is 11.6 Å². The molecule has 0 spiro atoms. The number of anilines is 1. The number of hydrogen-bond acceptors (Lipinski definition) is 6. The van der Waals surface area contributed by atoms with Crippen LogP contribution in [0.5, 0.6) is 23.0 Å². The maximum atomic E-state index is 14.2. The van der Waals surface area contributed by atoms with Gasteiger partial charge in [0, 0.05) is 23.2 Å². The first-order valence-corrected chi connectivity index (χ1v) is 11.7. The Hall–Kier alpha value is -3.85. The normalized spacial score (nSPS) is 20.4. The van der Waals surface area contributed by atoms with Crippen LogP contribution in [-0.2, 0) is 0 Å². The average molecular weight is 509 g/mol. The van der Waals surface area contributed by atoms with E-state index in [1.165, 1.54) is 33.5 Å². The summed E-state index contributed by atoms with van der Waals surface area (Å²) in [5.41, 5.74) is 0.903. The third-order valence-corrected chi connectivity index (χ3v) is 6.96. The first kappa shape index (κ1) is 23.9. The highest BCUT2D eigenvalue weighted by Gasteiger charge is 2.53. The van der Waals surface area contributed by atoms with Crippen LogP contribution in [0, 0.1) is 5.82 Å². The zero-order chi connectivity index (χ0) is 25.6. The largest absolute Gasteiger partial charge is 0.493 e. The van der Waals surface area contributed by atoms with E-state index >= 15 is 0 Å². The van der Waals surface area contributed by atoms with E-state index in [-0.39, 0.29) is 22.9 Å². The van der Waals surface area contributed by atoms with Crippen LogP contribution in [0.25, 0.3) is 0 Å². The lowest BCUT2D eigenvalue weighted by Gasteiger charge is -2.55. The van der Waals surface area contributed by atoms with Crippen molar-refractivity contribution in [3.63, 3.8) is 0 Å². The smallest absolute Gasteiger partial charge is 0.260 e. The zero-order valence-electron chi connectivity index (χ0n) is 20.3. The van der Waals surface area contributed by atoms with Crippen LogP contribution in [0.3, 0.4) is 0 Å². The molecule has 0 aromatic heterocycles. The predicted molar refractivity (Wildman–Crippen MR) is 137 cm³/mol. The second kappa shape index (κ2) is 8.98. The second-order valence-corrected chi connectivity index (χ2v) is 9.08. The Morgan fingerprint density at radius 2 is 1.67 bits per heavy atom. The number of amides is 1. The molecule has 1 amide bonds. The van der Waals surface area contributed by atoms with Crippen LogP contribution in [0.15, 0.2) is 60.7 Å². The van der Waals surface area contributed by atoms with Crippen molar-refractivity contribution in [3.05, 3.63) is 77.6 Å². The van der Waals surface area contributed by atoms with Gasteiger partial charge in [-0.05, 0) is 61.6 Å². The predicted octanol–water partition coefficient (Wildman–Crippen LogP) is 5.34. The van der Waals surface area contributed by atoms with Crippen LogP contribution in [0.4, 0.5) is 10.1 Å². The Bertz CT molecular complexity index is 1320. The van der Waals surface area contributed by atoms with Crippen molar-refractivity contribution in [1.82, 2.24) is 4.90 Å². The molecule has 2 aliphatic heterocycles. The monoisotopic (exact) mass is 508 g/mol. The lowest BCUT2D eigenvalue weighted by Crippen LogP contribution is -2.67. The fourth-order valence-electron chi connectivity index (χ4n) is 4.95. The molecule has 3 aromatic carbocycles. The summed E-state index contributed by atoms with van der Waals surface area (Å²) in [5, 5.41) is 0.244. The minimum Gasteiger partial charge on any atom is -0.493 e. The molecular weight excluding hydrogens is 483 g/mol. The topological polar surface area (TPSA) is 60.5 Å². The molecular formula is C27H25FN2O5S. The SMILES string of the molecule is COc1cc(C(=O)N2C(=S)N(c3ccc(F)cc3)[C@@]3(C)C[C@@H]2c2ccccc2O3)cc(OC)c1OC. The van der Waals surface area contributed by atoms with Gasteiger partial charge in [0.2, 0.25) is 5.75 Å². The molecule has 7 nitrogen and oxygen atoms in total. The lowest BCUT2D eigenvalue weighted by atomic mass is 9.88. The fraction of sp³-hybridized carbons (Fsp3) is 0.259. The number of carbonyl (C=O) groups is 1. The highest BCUT2D eigenvalue weighted by atomic mass is 32.1. The maximum Gasteiger partial charge on any atom is 0.260 e. The van der Waals surface area contributed by atoms with Crippen molar-refractivity contribution in [3.8, 4) is 23.0 Å². The van der Waals surface area contributed by atoms with Crippen molar-refractivity contribution in [1.29, 1.82) is 0 Å². The Morgan fingerprint density at radius 1 is 1.03 bits per heavy atom. The molecule has 3 aromatic rings. The number of rotatable bonds is 5. The first-order chi connectivity index (χ1) is 17.3. The van der Waals surface area contributed by atoms with Gasteiger partial charge in [-0.3, -0.25) is 14.6 Å². The molecule has 9 heteroatoms. The zero-order valence-corrected chi connectivity index (χ0v) is 21.1. The summed E-state index contributed by atoms with van der Waals surface area (Å²) in [4.78, 5) is 17.5. The van der Waals surface area contributed by atoms with Gasteiger partial charge in [-0.2, -0.15) is 0 Å². The van der Waals surface area contributed by atoms with Gasteiger partial charge in [-0.15, -0.1) is 0 Å². The minimum atomic E-state index is -0.889. The fourth-order valence-corrected chi connectivity index (χ4v) is 5.46. The number of para-hydroxylation sites is 1. The summed E-state index contributed by atoms with van der Waals surface area (Å²) in [6, 6.07) is 16.4. The third-order valence-electron chi connectivity index (χ3n) is 6.58. The van der Waals surface area contributed by atoms with Crippen molar-refractivity contribution in [2.24, 2.45) is 0 Å². The van der Waals surface area contributed by atoms with E-state index in [1.807, 2.05) is 31.2 Å². The minimum absolute atomic E-state index is 0.244. The molecule has 2 bridgehead atoms. The number of halogens is 1. The first-order valence-electron chi connectivity index (χ1n) is 11.3. The number of carbonyl (C=O) groups excluding carboxylic acids is 1. The van der Waals surface area contributed by atoms with Gasteiger partial charge in [0.15, 0.2) is 22.3 Å². The molecule has 36 heavy (non-hydrogen) atoms. The Morgan fingerprint density at radius 3 is 2.28 bits per heavy atom. The van der Waals surface area contributed by atoms with E-state index in [9.17, 15) is 9.18 Å². The van der Waals surface area contributed by atoms with Crippen molar-refractivity contribution in [2.75, 3.05) is 26.2 Å². The molecule has 1 fully saturated rings. The van der Waals surface area contributed by atoms with E-state index in [0.717, 1.165) is 5.56 Å². The van der Waals surface area contributed by atoms with E-state index in [2.05, 4.69) is 0 Å². The summed E-state index contributed by atoms with van der Waals surface area (Å²) in [7, 11) is 4.49. The molecule has 2 atom stereocenters. The van der Waals surface area contributed by atoms with Crippen LogP contribution in [-0.4, -0.2) is 43.0 Å². The number of benzene rings is 3. The van der Waals surface area contributed by atoms with Crippen LogP contribution in [0.1, 0.15) is 35.3 Å². The highest BCUT2D eigenvalue weighted by Crippen LogP contribution is 2.50. The second-order valence-electron chi connectivity index (χ2n) is 8.72. The summed E-state index contributed by atoms with van der Waals surface area (Å²) in [6.45, 7) is 1.92. The van der Waals surface area contributed by atoms with Crippen LogP contribution in [0.2, 0.25) is 0 Å². The lowest BCUT2D eigenvalue weighted by molar-refractivity contribution is 0.0183. The molecule has 186 valence electrons. The quantitative estimate of drug-likeness (QED) is 0.431. The molecule has 0 N–H and O–H groups in total. The van der Waals surface area contributed by atoms with E-state index in [4.69, 9.17) is 31.2 Å². The Labute approximate surface area is 213 Å². The van der Waals surface area contributed by atoms with Gasteiger partial charge in [0.25, 0.3) is 5.91 Å². The van der Waals surface area contributed by atoms with Gasteiger partial charge < -0.3 is 18.9 Å². The summed E-state index contributed by atoms with van der Waals surface area (Å²) in [5.74, 6) is 1.05. The summed E-state index contributed by atoms with van der Waals surface area (Å²) in [6.07, 6.45) is 0.442. The van der Waals surface area contributed by atoms with Crippen LogP contribution >= 0.6 is 12.2 Å². The number of nitrogens with zero attached hydrogens (tertiary/aromatic N) is 2. The van der Waals surface area contributed by atoms with Gasteiger partial charge in [0.05, 0.1) is 27.4 Å². The van der Waals surface area contributed by atoms with E-state index in [1.54, 1.807) is 34.1 Å². The molecule has 1 saturated heterocycles. The summed E-state index contributed by atoms with van der Waals surface area (Å²) >= 11 is 5.94. The average Bonchev–Trinajstić information content (AvgIpc) is 2.88. The van der Waals surface area contributed by atoms with Gasteiger partial charge >= 0.3 is 0 Å². The summed E-state index contributed by atoms with van der Waals surface area (Å²) < 4.78 is 36.5. The molecule has 0 saturated carbocycles. The van der Waals surface area contributed by atoms with Gasteiger partial charge in [-0.25, -0.2) is 4.39 Å². The van der Waals surface area contributed by atoms with Crippen molar-refractivity contribution < 1.29 is 28.1 Å². The molecule has 2 aliphatic rings. The number of fused-ring (bicyclic) bond motifs is 4. The Balaban J connectivity index is 1.67. The number of ether oxygens (including phenoxy) is 4. The molecule has 0 aliphatic carbocycles. The number of methoxy groups -OCH3 is 3. The Kier molecular flexibility index (Phi) is 5.96.